The van der Waals surface area contributed by atoms with Crippen molar-refractivity contribution in [1.29, 1.82) is 0 Å². The summed E-state index contributed by atoms with van der Waals surface area (Å²) in [6.45, 7) is 8.68. The first kappa shape index (κ1) is 15.6. The smallest absolute Gasteiger partial charge is 0.273 e. The van der Waals surface area contributed by atoms with E-state index in [1.165, 1.54) is 0 Å². The van der Waals surface area contributed by atoms with Crippen molar-refractivity contribution in [2.24, 2.45) is 0 Å². The summed E-state index contributed by atoms with van der Waals surface area (Å²) < 4.78 is 1.73. The topological polar surface area (TPSA) is 46.9 Å². The SMILES string of the molecule is CCn1nc(C(C)C)cc1C(=O)Nc1ccc(Cl)cc1C. The van der Waals surface area contributed by atoms with E-state index in [1.54, 1.807) is 10.7 Å². The third-order valence-electron chi connectivity index (χ3n) is 3.36. The van der Waals surface area contributed by atoms with Crippen LogP contribution in [0.3, 0.4) is 0 Å². The molecule has 0 saturated carbocycles. The van der Waals surface area contributed by atoms with Crippen LogP contribution in [0.15, 0.2) is 24.3 Å². The number of amides is 1. The number of aromatic nitrogens is 2. The average molecular weight is 306 g/mol. The molecule has 21 heavy (non-hydrogen) atoms. The summed E-state index contributed by atoms with van der Waals surface area (Å²) in [5.74, 6) is 0.142. The molecule has 0 spiro atoms. The fourth-order valence-electron chi connectivity index (χ4n) is 2.10. The molecule has 0 bridgehead atoms. The molecule has 1 heterocycles. The van der Waals surface area contributed by atoms with Crippen molar-refractivity contribution in [3.8, 4) is 0 Å². The van der Waals surface area contributed by atoms with Crippen LogP contribution in [-0.2, 0) is 6.54 Å². The van der Waals surface area contributed by atoms with Gasteiger partial charge in [-0.1, -0.05) is 25.4 Å². The second kappa shape index (κ2) is 6.31. The Hall–Kier alpha value is -1.81. The van der Waals surface area contributed by atoms with Crippen LogP contribution in [0.4, 0.5) is 5.69 Å². The van der Waals surface area contributed by atoms with Crippen LogP contribution in [-0.4, -0.2) is 15.7 Å². The largest absolute Gasteiger partial charge is 0.320 e. The van der Waals surface area contributed by atoms with Gasteiger partial charge >= 0.3 is 0 Å². The van der Waals surface area contributed by atoms with Gasteiger partial charge in [0.1, 0.15) is 5.69 Å². The molecule has 112 valence electrons. The maximum Gasteiger partial charge on any atom is 0.273 e. The zero-order valence-electron chi connectivity index (χ0n) is 12.8. The minimum absolute atomic E-state index is 0.151. The zero-order chi connectivity index (χ0) is 15.6. The highest BCUT2D eigenvalue weighted by Gasteiger charge is 2.16. The molecule has 1 aromatic heterocycles. The number of aryl methyl sites for hydroxylation is 2. The van der Waals surface area contributed by atoms with Crippen molar-refractivity contribution in [2.45, 2.75) is 40.2 Å². The lowest BCUT2D eigenvalue weighted by Crippen LogP contribution is -2.17. The van der Waals surface area contributed by atoms with E-state index in [0.29, 0.717) is 23.2 Å². The van der Waals surface area contributed by atoms with Crippen molar-refractivity contribution >= 4 is 23.2 Å². The van der Waals surface area contributed by atoms with Gasteiger partial charge in [0, 0.05) is 17.3 Å². The van der Waals surface area contributed by atoms with Gasteiger partial charge in [0.2, 0.25) is 0 Å². The maximum absolute atomic E-state index is 12.5. The van der Waals surface area contributed by atoms with E-state index in [2.05, 4.69) is 24.3 Å². The van der Waals surface area contributed by atoms with Crippen LogP contribution in [0.5, 0.6) is 0 Å². The number of benzene rings is 1. The number of nitrogens with one attached hydrogen (secondary N) is 1. The fraction of sp³-hybridized carbons (Fsp3) is 0.375. The maximum atomic E-state index is 12.5. The summed E-state index contributed by atoms with van der Waals surface area (Å²) in [6, 6.07) is 7.26. The Labute approximate surface area is 130 Å². The van der Waals surface area contributed by atoms with Crippen molar-refractivity contribution < 1.29 is 4.79 Å². The molecular formula is C16H20ClN3O. The van der Waals surface area contributed by atoms with Crippen LogP contribution in [0.2, 0.25) is 5.02 Å². The first-order valence-electron chi connectivity index (χ1n) is 7.07. The van der Waals surface area contributed by atoms with E-state index in [1.807, 2.05) is 32.0 Å². The summed E-state index contributed by atoms with van der Waals surface area (Å²) in [6.07, 6.45) is 0. The summed E-state index contributed by atoms with van der Waals surface area (Å²) >= 11 is 5.93. The van der Waals surface area contributed by atoms with Crippen LogP contribution < -0.4 is 5.32 Å². The Balaban J connectivity index is 2.27. The predicted octanol–water partition coefficient (Wildman–Crippen LogP) is 4.24. The molecule has 0 aliphatic carbocycles. The van der Waals surface area contributed by atoms with Gasteiger partial charge in [0.05, 0.1) is 5.69 Å². The summed E-state index contributed by atoms with van der Waals surface area (Å²) in [5, 5.41) is 8.04. The highest BCUT2D eigenvalue weighted by Crippen LogP contribution is 2.21. The molecule has 2 aromatic rings. The molecule has 1 N–H and O–H groups in total. The molecule has 0 saturated heterocycles. The molecule has 1 amide bonds. The van der Waals surface area contributed by atoms with Gasteiger partial charge in [-0.3, -0.25) is 9.48 Å². The average Bonchev–Trinajstić information content (AvgIpc) is 2.86. The number of rotatable bonds is 4. The summed E-state index contributed by atoms with van der Waals surface area (Å²) in [7, 11) is 0. The van der Waals surface area contributed by atoms with Crippen LogP contribution in [0, 0.1) is 6.92 Å². The lowest BCUT2D eigenvalue weighted by atomic mass is 10.1. The Morgan fingerprint density at radius 3 is 2.67 bits per heavy atom. The molecule has 0 aliphatic heterocycles. The van der Waals surface area contributed by atoms with Crippen LogP contribution in [0.1, 0.15) is 48.4 Å². The molecule has 5 heteroatoms. The highest BCUT2D eigenvalue weighted by atomic mass is 35.5. The molecule has 0 aliphatic rings. The van der Waals surface area contributed by atoms with Gasteiger partial charge in [0.15, 0.2) is 0 Å². The van der Waals surface area contributed by atoms with E-state index in [-0.39, 0.29) is 5.91 Å². The Bertz CT molecular complexity index is 662. The quantitative estimate of drug-likeness (QED) is 0.918. The van der Waals surface area contributed by atoms with Gasteiger partial charge < -0.3 is 5.32 Å². The highest BCUT2D eigenvalue weighted by molar-refractivity contribution is 6.30. The summed E-state index contributed by atoms with van der Waals surface area (Å²) in [4.78, 5) is 12.5. The second-order valence-electron chi connectivity index (χ2n) is 5.34. The monoisotopic (exact) mass is 305 g/mol. The predicted molar refractivity (Wildman–Crippen MR) is 86.1 cm³/mol. The van der Waals surface area contributed by atoms with Crippen LogP contribution >= 0.6 is 11.6 Å². The first-order chi connectivity index (χ1) is 9.92. The molecule has 0 radical (unpaired) electrons. The zero-order valence-corrected chi connectivity index (χ0v) is 13.5. The van der Waals surface area contributed by atoms with E-state index < -0.39 is 0 Å². The van der Waals surface area contributed by atoms with Crippen LogP contribution in [0.25, 0.3) is 0 Å². The van der Waals surface area contributed by atoms with Gasteiger partial charge in [-0.2, -0.15) is 5.10 Å². The van der Waals surface area contributed by atoms with Gasteiger partial charge in [-0.05, 0) is 49.6 Å². The number of hydrogen-bond acceptors (Lipinski definition) is 2. The van der Waals surface area contributed by atoms with Crippen molar-refractivity contribution in [1.82, 2.24) is 9.78 Å². The van der Waals surface area contributed by atoms with Gasteiger partial charge in [0.25, 0.3) is 5.91 Å². The molecule has 2 rings (SSSR count). The molecule has 4 nitrogen and oxygen atoms in total. The number of carbonyl (C=O) groups is 1. The molecule has 1 aromatic carbocycles. The number of anilines is 1. The number of carbonyl (C=O) groups excluding carboxylic acids is 1. The second-order valence-corrected chi connectivity index (χ2v) is 5.77. The Kier molecular flexibility index (Phi) is 4.68. The summed E-state index contributed by atoms with van der Waals surface area (Å²) in [5.41, 5.74) is 3.20. The minimum atomic E-state index is -0.151. The van der Waals surface area contributed by atoms with Crippen molar-refractivity contribution in [3.63, 3.8) is 0 Å². The molecular weight excluding hydrogens is 286 g/mol. The van der Waals surface area contributed by atoms with Gasteiger partial charge in [-0.25, -0.2) is 0 Å². The number of hydrogen-bond donors (Lipinski definition) is 1. The van der Waals surface area contributed by atoms with E-state index in [0.717, 1.165) is 16.9 Å². The number of nitrogens with zero attached hydrogens (tertiary/aromatic N) is 2. The third-order valence-corrected chi connectivity index (χ3v) is 3.59. The molecule has 0 unspecified atom stereocenters. The normalized spacial score (nSPS) is 11.0. The first-order valence-corrected chi connectivity index (χ1v) is 7.45. The molecule has 0 fully saturated rings. The van der Waals surface area contributed by atoms with Gasteiger partial charge in [-0.15, -0.1) is 0 Å². The lowest BCUT2D eigenvalue weighted by Gasteiger charge is -2.09. The number of halogens is 1. The van der Waals surface area contributed by atoms with Crippen molar-refractivity contribution in [2.75, 3.05) is 5.32 Å². The fourth-order valence-corrected chi connectivity index (χ4v) is 2.32. The Morgan fingerprint density at radius 2 is 2.10 bits per heavy atom. The Morgan fingerprint density at radius 1 is 1.38 bits per heavy atom. The third kappa shape index (κ3) is 3.45. The minimum Gasteiger partial charge on any atom is -0.320 e. The van der Waals surface area contributed by atoms with E-state index in [4.69, 9.17) is 11.6 Å². The van der Waals surface area contributed by atoms with Crippen molar-refractivity contribution in [3.05, 3.63) is 46.2 Å². The standard InChI is InChI=1S/C16H20ClN3O/c1-5-20-15(9-14(19-20)10(2)3)16(21)18-13-7-6-12(17)8-11(13)4/h6-10H,5H2,1-4H3,(H,18,21). The van der Waals surface area contributed by atoms with E-state index in [9.17, 15) is 4.79 Å². The van der Waals surface area contributed by atoms with E-state index >= 15 is 0 Å². The molecule has 0 atom stereocenters. The lowest BCUT2D eigenvalue weighted by molar-refractivity contribution is 0.101.